The Morgan fingerprint density at radius 3 is 2.48 bits per heavy atom. The highest BCUT2D eigenvalue weighted by atomic mass is 19.3. The zero-order chi connectivity index (χ0) is 16.7. The fourth-order valence-corrected chi connectivity index (χ4v) is 3.57. The molecule has 23 heavy (non-hydrogen) atoms. The van der Waals surface area contributed by atoms with Crippen LogP contribution < -0.4 is 0 Å². The molecule has 1 aromatic rings. The fraction of sp³-hybridized carbons (Fsp3) is 0.500. The standard InChI is InChI=1S/C16H17F2NO4/c17-16(18)8-15(9-16)6-12(13(20)21)19(10-15)14(22)23-7-11-4-2-1-3-5-11/h1-5,12H,6-10H2,(H,20,21). The second kappa shape index (κ2) is 5.47. The van der Waals surface area contributed by atoms with Crippen LogP contribution in [0.4, 0.5) is 13.6 Å². The van der Waals surface area contributed by atoms with Crippen LogP contribution in [0.2, 0.25) is 0 Å². The van der Waals surface area contributed by atoms with Crippen LogP contribution >= 0.6 is 0 Å². The molecule has 1 saturated carbocycles. The van der Waals surface area contributed by atoms with Crippen molar-refractivity contribution in [2.24, 2.45) is 5.41 Å². The summed E-state index contributed by atoms with van der Waals surface area (Å²) < 4.78 is 31.5. The lowest BCUT2D eigenvalue weighted by Crippen LogP contribution is -2.48. The number of aliphatic carboxylic acids is 1. The van der Waals surface area contributed by atoms with Gasteiger partial charge in [-0.05, 0) is 12.0 Å². The smallest absolute Gasteiger partial charge is 0.410 e. The summed E-state index contributed by atoms with van der Waals surface area (Å²) in [4.78, 5) is 24.6. The lowest BCUT2D eigenvalue weighted by atomic mass is 9.65. The quantitative estimate of drug-likeness (QED) is 0.928. The van der Waals surface area contributed by atoms with Gasteiger partial charge in [-0.3, -0.25) is 4.90 Å². The van der Waals surface area contributed by atoms with E-state index in [0.717, 1.165) is 10.5 Å². The van der Waals surface area contributed by atoms with Crippen LogP contribution in [0.25, 0.3) is 0 Å². The molecule has 124 valence electrons. The van der Waals surface area contributed by atoms with E-state index in [1.165, 1.54) is 0 Å². The minimum atomic E-state index is -2.76. The Morgan fingerprint density at radius 2 is 1.91 bits per heavy atom. The highest BCUT2D eigenvalue weighted by molar-refractivity contribution is 5.81. The molecule has 2 aliphatic rings. The molecule has 1 unspecified atom stereocenters. The van der Waals surface area contributed by atoms with Crippen molar-refractivity contribution < 1.29 is 28.2 Å². The maximum Gasteiger partial charge on any atom is 0.410 e. The number of ether oxygens (including phenoxy) is 1. The van der Waals surface area contributed by atoms with E-state index < -0.39 is 29.4 Å². The number of carbonyl (C=O) groups excluding carboxylic acids is 1. The number of halogens is 2. The predicted molar refractivity (Wildman–Crippen MR) is 76.0 cm³/mol. The number of likely N-dealkylation sites (tertiary alicyclic amines) is 1. The predicted octanol–water partition coefficient (Wildman–Crippen LogP) is 2.90. The van der Waals surface area contributed by atoms with Gasteiger partial charge < -0.3 is 9.84 Å². The van der Waals surface area contributed by atoms with Crippen LogP contribution in [0, 0.1) is 5.41 Å². The number of alkyl halides is 2. The lowest BCUT2D eigenvalue weighted by molar-refractivity contribution is -0.157. The molecule has 0 bridgehead atoms. The van der Waals surface area contributed by atoms with E-state index in [1.807, 2.05) is 6.07 Å². The fourth-order valence-electron chi connectivity index (χ4n) is 3.57. The average molecular weight is 325 g/mol. The summed E-state index contributed by atoms with van der Waals surface area (Å²) in [6.07, 6.45) is -1.45. The van der Waals surface area contributed by atoms with Crippen LogP contribution in [0.15, 0.2) is 30.3 Å². The summed E-state index contributed by atoms with van der Waals surface area (Å²) in [5.74, 6) is -3.94. The van der Waals surface area contributed by atoms with Crippen molar-refractivity contribution in [3.05, 3.63) is 35.9 Å². The minimum Gasteiger partial charge on any atom is -0.480 e. The zero-order valence-corrected chi connectivity index (χ0v) is 12.4. The van der Waals surface area contributed by atoms with E-state index >= 15 is 0 Å². The minimum absolute atomic E-state index is 0.00712. The summed E-state index contributed by atoms with van der Waals surface area (Å²) >= 11 is 0. The molecule has 3 rings (SSSR count). The molecule has 1 saturated heterocycles. The summed E-state index contributed by atoms with van der Waals surface area (Å²) in [5.41, 5.74) is -0.0185. The van der Waals surface area contributed by atoms with Gasteiger partial charge in [-0.2, -0.15) is 0 Å². The molecular weight excluding hydrogens is 308 g/mol. The van der Waals surface area contributed by atoms with Crippen LogP contribution in [-0.2, 0) is 16.1 Å². The molecular formula is C16H17F2NO4. The Morgan fingerprint density at radius 1 is 1.26 bits per heavy atom. The maximum atomic E-state index is 13.2. The van der Waals surface area contributed by atoms with Gasteiger partial charge in [-0.25, -0.2) is 18.4 Å². The Bertz CT molecular complexity index is 612. The van der Waals surface area contributed by atoms with E-state index in [1.54, 1.807) is 24.3 Å². The third-order valence-electron chi connectivity index (χ3n) is 4.50. The first-order valence-corrected chi connectivity index (χ1v) is 7.38. The molecule has 2 fully saturated rings. The van der Waals surface area contributed by atoms with E-state index in [-0.39, 0.29) is 32.4 Å². The molecule has 1 aliphatic heterocycles. The van der Waals surface area contributed by atoms with Gasteiger partial charge in [-0.15, -0.1) is 0 Å². The highest BCUT2D eigenvalue weighted by Crippen LogP contribution is 2.58. The molecule has 0 aromatic heterocycles. The normalized spacial score (nSPS) is 24.3. The molecule has 1 aliphatic carbocycles. The van der Waals surface area contributed by atoms with Gasteiger partial charge >= 0.3 is 12.1 Å². The Labute approximate surface area is 131 Å². The Balaban J connectivity index is 1.65. The average Bonchev–Trinajstić information content (AvgIpc) is 2.85. The monoisotopic (exact) mass is 325 g/mol. The molecule has 1 heterocycles. The highest BCUT2D eigenvalue weighted by Gasteiger charge is 2.62. The number of nitrogens with zero attached hydrogens (tertiary/aromatic N) is 1. The summed E-state index contributed by atoms with van der Waals surface area (Å²) in [6.45, 7) is 0.0266. The molecule has 1 amide bonds. The van der Waals surface area contributed by atoms with Crippen LogP contribution in [0.1, 0.15) is 24.8 Å². The van der Waals surface area contributed by atoms with Crippen molar-refractivity contribution >= 4 is 12.1 Å². The first-order chi connectivity index (χ1) is 10.8. The van der Waals surface area contributed by atoms with Gasteiger partial charge in [0.05, 0.1) is 0 Å². The number of hydrogen-bond acceptors (Lipinski definition) is 3. The Kier molecular flexibility index (Phi) is 3.74. The molecule has 1 N–H and O–H groups in total. The summed E-state index contributed by atoms with van der Waals surface area (Å²) in [7, 11) is 0. The van der Waals surface area contributed by atoms with Crippen molar-refractivity contribution in [2.75, 3.05) is 6.54 Å². The van der Waals surface area contributed by atoms with E-state index in [4.69, 9.17) is 4.74 Å². The topological polar surface area (TPSA) is 66.8 Å². The molecule has 7 heteroatoms. The lowest BCUT2D eigenvalue weighted by Gasteiger charge is -2.44. The number of benzene rings is 1. The number of carbonyl (C=O) groups is 2. The van der Waals surface area contributed by atoms with E-state index in [9.17, 15) is 23.5 Å². The number of amides is 1. The van der Waals surface area contributed by atoms with E-state index in [2.05, 4.69) is 0 Å². The van der Waals surface area contributed by atoms with Crippen molar-refractivity contribution in [1.82, 2.24) is 4.90 Å². The van der Waals surface area contributed by atoms with Gasteiger partial charge in [0.15, 0.2) is 0 Å². The number of carboxylic acids is 1. The number of carboxylic acid groups (broad SMARTS) is 1. The number of rotatable bonds is 3. The second-order valence-corrected chi connectivity index (χ2v) is 6.44. The third kappa shape index (κ3) is 3.13. The van der Waals surface area contributed by atoms with Crippen LogP contribution in [0.3, 0.4) is 0 Å². The van der Waals surface area contributed by atoms with Gasteiger partial charge in [0.25, 0.3) is 0 Å². The maximum absolute atomic E-state index is 13.2. The second-order valence-electron chi connectivity index (χ2n) is 6.44. The van der Waals surface area contributed by atoms with Gasteiger partial charge in [-0.1, -0.05) is 30.3 Å². The van der Waals surface area contributed by atoms with Gasteiger partial charge in [0.2, 0.25) is 5.92 Å². The van der Waals surface area contributed by atoms with E-state index in [0.29, 0.717) is 0 Å². The summed E-state index contributed by atoms with van der Waals surface area (Å²) in [5, 5.41) is 9.26. The first kappa shape index (κ1) is 15.7. The zero-order valence-electron chi connectivity index (χ0n) is 12.4. The molecule has 1 atom stereocenters. The van der Waals surface area contributed by atoms with Gasteiger partial charge in [0, 0.05) is 24.8 Å². The van der Waals surface area contributed by atoms with Gasteiger partial charge in [0.1, 0.15) is 12.6 Å². The van der Waals surface area contributed by atoms with Crippen molar-refractivity contribution in [3.8, 4) is 0 Å². The van der Waals surface area contributed by atoms with Crippen molar-refractivity contribution in [2.45, 2.75) is 37.8 Å². The first-order valence-electron chi connectivity index (χ1n) is 7.38. The molecule has 0 radical (unpaired) electrons. The Hall–Kier alpha value is -2.18. The SMILES string of the molecule is O=C(O)C1CC2(CN1C(=O)OCc1ccccc1)CC(F)(F)C2. The van der Waals surface area contributed by atoms with Crippen LogP contribution in [0.5, 0.6) is 0 Å². The third-order valence-corrected chi connectivity index (χ3v) is 4.50. The van der Waals surface area contributed by atoms with Crippen molar-refractivity contribution in [1.29, 1.82) is 0 Å². The van der Waals surface area contributed by atoms with Crippen LogP contribution in [-0.4, -0.2) is 40.6 Å². The van der Waals surface area contributed by atoms with Crippen molar-refractivity contribution in [3.63, 3.8) is 0 Å². The largest absolute Gasteiger partial charge is 0.480 e. The molecule has 1 spiro atoms. The summed E-state index contributed by atoms with van der Waals surface area (Å²) in [6, 6.07) is 7.87. The molecule has 1 aromatic carbocycles. The number of hydrogen-bond donors (Lipinski definition) is 1. The molecule has 5 nitrogen and oxygen atoms in total.